The second-order valence-electron chi connectivity index (χ2n) is 5.36. The van der Waals surface area contributed by atoms with Crippen molar-refractivity contribution >= 4 is 5.69 Å². The van der Waals surface area contributed by atoms with Crippen molar-refractivity contribution < 1.29 is 9.47 Å². The average molecular weight is 264 g/mol. The van der Waals surface area contributed by atoms with Gasteiger partial charge < -0.3 is 15.2 Å². The summed E-state index contributed by atoms with van der Waals surface area (Å²) < 4.78 is 10.6. The van der Waals surface area contributed by atoms with Crippen LogP contribution in [-0.2, 0) is 6.54 Å². The van der Waals surface area contributed by atoms with Gasteiger partial charge in [-0.3, -0.25) is 4.90 Å². The molecule has 0 atom stereocenters. The van der Waals surface area contributed by atoms with E-state index in [2.05, 4.69) is 11.8 Å². The Kier molecular flexibility index (Phi) is 4.53. The highest BCUT2D eigenvalue weighted by Gasteiger charge is 2.17. The first-order valence-corrected chi connectivity index (χ1v) is 6.86. The molecule has 1 fully saturated rings. The van der Waals surface area contributed by atoms with Crippen LogP contribution in [0.3, 0.4) is 0 Å². The average Bonchev–Trinajstić information content (AvgIpc) is 2.43. The lowest BCUT2D eigenvalue weighted by Crippen LogP contribution is -2.32. The maximum atomic E-state index is 6.10. The summed E-state index contributed by atoms with van der Waals surface area (Å²) in [6.45, 7) is 5.50. The fraction of sp³-hybridized carbons (Fsp3) is 0.600. The third-order valence-electron chi connectivity index (χ3n) is 3.92. The van der Waals surface area contributed by atoms with Crippen LogP contribution in [0.5, 0.6) is 11.5 Å². The van der Waals surface area contributed by atoms with Gasteiger partial charge in [0.1, 0.15) is 0 Å². The van der Waals surface area contributed by atoms with Crippen molar-refractivity contribution in [2.45, 2.75) is 26.3 Å². The minimum Gasteiger partial charge on any atom is -0.493 e. The number of hydrogen-bond donors (Lipinski definition) is 1. The molecule has 0 amide bonds. The molecule has 1 aliphatic heterocycles. The van der Waals surface area contributed by atoms with Gasteiger partial charge in [-0.15, -0.1) is 0 Å². The Labute approximate surface area is 115 Å². The van der Waals surface area contributed by atoms with Crippen molar-refractivity contribution in [2.24, 2.45) is 5.92 Å². The van der Waals surface area contributed by atoms with Crippen LogP contribution >= 0.6 is 0 Å². The molecule has 1 saturated heterocycles. The molecule has 0 aliphatic carbocycles. The standard InChI is InChI=1S/C15H24N2O2/c1-11-4-6-17(7-5-11)10-12-8-14(18-2)15(19-3)9-13(12)16/h8-9,11H,4-7,10,16H2,1-3H3. The fourth-order valence-corrected chi connectivity index (χ4v) is 2.53. The number of nitrogens with two attached hydrogens (primary N) is 1. The maximum absolute atomic E-state index is 6.10. The highest BCUT2D eigenvalue weighted by molar-refractivity contribution is 5.57. The summed E-state index contributed by atoms with van der Waals surface area (Å²) >= 11 is 0. The van der Waals surface area contributed by atoms with Crippen LogP contribution in [0.4, 0.5) is 5.69 Å². The summed E-state index contributed by atoms with van der Waals surface area (Å²) in [5.41, 5.74) is 7.99. The van der Waals surface area contributed by atoms with E-state index in [1.165, 1.54) is 12.8 Å². The molecule has 106 valence electrons. The molecule has 0 bridgehead atoms. The lowest BCUT2D eigenvalue weighted by molar-refractivity contribution is 0.185. The summed E-state index contributed by atoms with van der Waals surface area (Å²) in [5, 5.41) is 0. The van der Waals surface area contributed by atoms with E-state index >= 15 is 0 Å². The Bertz CT molecular complexity index is 426. The Morgan fingerprint density at radius 3 is 2.32 bits per heavy atom. The van der Waals surface area contributed by atoms with Crippen molar-refractivity contribution in [3.05, 3.63) is 17.7 Å². The van der Waals surface area contributed by atoms with Gasteiger partial charge in [0.2, 0.25) is 0 Å². The van der Waals surface area contributed by atoms with Gasteiger partial charge in [0.15, 0.2) is 11.5 Å². The Morgan fingerprint density at radius 2 is 1.74 bits per heavy atom. The molecule has 1 aliphatic rings. The predicted molar refractivity (Wildman–Crippen MR) is 77.6 cm³/mol. The van der Waals surface area contributed by atoms with Crippen LogP contribution in [0.2, 0.25) is 0 Å². The second kappa shape index (κ2) is 6.15. The molecule has 0 aromatic heterocycles. The highest BCUT2D eigenvalue weighted by atomic mass is 16.5. The van der Waals surface area contributed by atoms with E-state index in [1.807, 2.05) is 12.1 Å². The van der Waals surface area contributed by atoms with Crippen LogP contribution in [0.1, 0.15) is 25.3 Å². The van der Waals surface area contributed by atoms with Crippen molar-refractivity contribution in [3.63, 3.8) is 0 Å². The van der Waals surface area contributed by atoms with Gasteiger partial charge in [0, 0.05) is 18.3 Å². The molecule has 2 rings (SSSR count). The van der Waals surface area contributed by atoms with Crippen molar-refractivity contribution in [1.29, 1.82) is 0 Å². The predicted octanol–water partition coefficient (Wildman–Crippen LogP) is 2.52. The van der Waals surface area contributed by atoms with Crippen LogP contribution in [0.25, 0.3) is 0 Å². The minimum absolute atomic E-state index is 0.691. The topological polar surface area (TPSA) is 47.7 Å². The van der Waals surface area contributed by atoms with Crippen LogP contribution in [-0.4, -0.2) is 32.2 Å². The van der Waals surface area contributed by atoms with E-state index in [0.717, 1.165) is 42.6 Å². The molecule has 1 aromatic carbocycles. The van der Waals surface area contributed by atoms with Crippen molar-refractivity contribution in [2.75, 3.05) is 33.0 Å². The van der Waals surface area contributed by atoms with Crippen LogP contribution in [0, 0.1) is 5.92 Å². The van der Waals surface area contributed by atoms with Gasteiger partial charge >= 0.3 is 0 Å². The smallest absolute Gasteiger partial charge is 0.162 e. The normalized spacial score (nSPS) is 17.4. The summed E-state index contributed by atoms with van der Waals surface area (Å²) in [6, 6.07) is 3.84. The number of nitrogen functional groups attached to an aromatic ring is 1. The molecular weight excluding hydrogens is 240 g/mol. The molecule has 0 radical (unpaired) electrons. The second-order valence-corrected chi connectivity index (χ2v) is 5.36. The number of nitrogens with zero attached hydrogens (tertiary/aromatic N) is 1. The van der Waals surface area contributed by atoms with Crippen molar-refractivity contribution in [1.82, 2.24) is 4.90 Å². The molecular formula is C15H24N2O2. The lowest BCUT2D eigenvalue weighted by atomic mass is 9.98. The molecule has 2 N–H and O–H groups in total. The quantitative estimate of drug-likeness (QED) is 0.849. The molecule has 0 spiro atoms. The van der Waals surface area contributed by atoms with E-state index in [0.29, 0.717) is 5.75 Å². The SMILES string of the molecule is COc1cc(N)c(CN2CCC(C)CC2)cc1OC. The monoisotopic (exact) mass is 264 g/mol. The first kappa shape index (κ1) is 14.0. The number of hydrogen-bond acceptors (Lipinski definition) is 4. The lowest BCUT2D eigenvalue weighted by Gasteiger charge is -2.30. The van der Waals surface area contributed by atoms with Crippen LogP contribution < -0.4 is 15.2 Å². The molecule has 4 heteroatoms. The van der Waals surface area contributed by atoms with Gasteiger partial charge in [0.25, 0.3) is 0 Å². The number of anilines is 1. The van der Waals surface area contributed by atoms with E-state index in [-0.39, 0.29) is 0 Å². The Balaban J connectivity index is 2.11. The van der Waals surface area contributed by atoms with Gasteiger partial charge in [-0.1, -0.05) is 6.92 Å². The third-order valence-corrected chi connectivity index (χ3v) is 3.92. The summed E-state index contributed by atoms with van der Waals surface area (Å²) in [6.07, 6.45) is 2.54. The summed E-state index contributed by atoms with van der Waals surface area (Å²) in [7, 11) is 3.28. The van der Waals surface area contributed by atoms with Gasteiger partial charge in [-0.25, -0.2) is 0 Å². The number of benzene rings is 1. The summed E-state index contributed by atoms with van der Waals surface area (Å²) in [4.78, 5) is 2.46. The Hall–Kier alpha value is -1.42. The Morgan fingerprint density at radius 1 is 1.16 bits per heavy atom. The molecule has 0 saturated carbocycles. The van der Waals surface area contributed by atoms with E-state index in [9.17, 15) is 0 Å². The van der Waals surface area contributed by atoms with E-state index in [1.54, 1.807) is 14.2 Å². The largest absolute Gasteiger partial charge is 0.493 e. The first-order valence-electron chi connectivity index (χ1n) is 6.86. The van der Waals surface area contributed by atoms with Crippen molar-refractivity contribution in [3.8, 4) is 11.5 Å². The van der Waals surface area contributed by atoms with E-state index < -0.39 is 0 Å². The number of methoxy groups -OCH3 is 2. The fourth-order valence-electron chi connectivity index (χ4n) is 2.53. The first-order chi connectivity index (χ1) is 9.13. The molecule has 1 aromatic rings. The molecule has 1 heterocycles. The van der Waals surface area contributed by atoms with Gasteiger partial charge in [0.05, 0.1) is 14.2 Å². The zero-order valence-corrected chi connectivity index (χ0v) is 12.1. The number of likely N-dealkylation sites (tertiary alicyclic amines) is 1. The highest BCUT2D eigenvalue weighted by Crippen LogP contribution is 2.33. The minimum atomic E-state index is 0.691. The molecule has 4 nitrogen and oxygen atoms in total. The third kappa shape index (κ3) is 3.32. The number of piperidine rings is 1. The number of rotatable bonds is 4. The van der Waals surface area contributed by atoms with E-state index in [4.69, 9.17) is 15.2 Å². The molecule has 0 unspecified atom stereocenters. The van der Waals surface area contributed by atoms with Gasteiger partial charge in [-0.2, -0.15) is 0 Å². The van der Waals surface area contributed by atoms with Crippen LogP contribution in [0.15, 0.2) is 12.1 Å². The zero-order valence-electron chi connectivity index (χ0n) is 12.1. The molecule has 19 heavy (non-hydrogen) atoms. The number of ether oxygens (including phenoxy) is 2. The maximum Gasteiger partial charge on any atom is 0.162 e. The zero-order chi connectivity index (χ0) is 13.8. The summed E-state index contributed by atoms with van der Waals surface area (Å²) in [5.74, 6) is 2.28. The van der Waals surface area contributed by atoms with Gasteiger partial charge in [-0.05, 0) is 43.5 Å².